The molecule has 0 aromatic carbocycles. The van der Waals surface area contributed by atoms with Crippen LogP contribution in [0, 0.1) is 0 Å². The third kappa shape index (κ3) is 2.39. The smallest absolute Gasteiger partial charge is 0.334 e. The molecule has 1 unspecified atom stereocenters. The third-order valence-corrected chi connectivity index (χ3v) is 1.12. The van der Waals surface area contributed by atoms with E-state index in [4.69, 9.17) is 5.11 Å². The van der Waals surface area contributed by atoms with Gasteiger partial charge in [-0.3, -0.25) is 0 Å². The van der Waals surface area contributed by atoms with Crippen LogP contribution in [0.25, 0.3) is 0 Å². The monoisotopic (exact) mass is 154 g/mol. The molecule has 0 aromatic rings. The molecule has 0 aliphatic carbocycles. The summed E-state index contributed by atoms with van der Waals surface area (Å²) in [5.41, 5.74) is -0.299. The summed E-state index contributed by atoms with van der Waals surface area (Å²) in [5, 5.41) is 7.82. The van der Waals surface area contributed by atoms with E-state index in [2.05, 4.69) is 6.58 Å². The zero-order valence-corrected chi connectivity index (χ0v) is 5.57. The first kappa shape index (κ1) is 9.49. The van der Waals surface area contributed by atoms with Gasteiger partial charge in [0.15, 0.2) is 0 Å². The lowest BCUT2D eigenvalue weighted by Gasteiger charge is -2.14. The van der Waals surface area contributed by atoms with E-state index in [-0.39, 0.29) is 12.0 Å². The van der Waals surface area contributed by atoms with Crippen molar-refractivity contribution in [1.29, 1.82) is 0 Å². The minimum Gasteiger partial charge on any atom is -0.334 e. The van der Waals surface area contributed by atoms with Gasteiger partial charge in [0.1, 0.15) is 0 Å². The Labute approximate surface area is 57.2 Å². The minimum absolute atomic E-state index is 0.0946. The molecule has 0 aromatic heterocycles. The molecule has 0 spiro atoms. The van der Waals surface area contributed by atoms with Crippen LogP contribution in [0.1, 0.15) is 13.3 Å². The van der Waals surface area contributed by atoms with Crippen LogP contribution >= 0.6 is 0 Å². The number of hydrogen-bond donors (Lipinski definition) is 1. The quantitative estimate of drug-likeness (QED) is 0.615. The molecular weight excluding hydrogens is 145 g/mol. The first-order chi connectivity index (χ1) is 4.39. The average molecular weight is 154 g/mol. The van der Waals surface area contributed by atoms with E-state index in [1.54, 1.807) is 0 Å². The van der Waals surface area contributed by atoms with Crippen LogP contribution in [0.15, 0.2) is 12.2 Å². The molecule has 1 N–H and O–H groups in total. The van der Waals surface area contributed by atoms with Crippen molar-refractivity contribution in [3.63, 3.8) is 0 Å². The van der Waals surface area contributed by atoms with Gasteiger partial charge in [0, 0.05) is 0 Å². The molecule has 0 aliphatic rings. The highest BCUT2D eigenvalue weighted by molar-refractivity contribution is 5.03. The van der Waals surface area contributed by atoms with Crippen molar-refractivity contribution in [2.45, 2.75) is 25.6 Å². The highest BCUT2D eigenvalue weighted by Gasteiger charge is 2.38. The number of hydrogen-bond acceptors (Lipinski definition) is 1. The number of halogens is 3. The molecule has 1 atom stereocenters. The summed E-state index contributed by atoms with van der Waals surface area (Å²) < 4.78 is 35.6. The van der Waals surface area contributed by atoms with Gasteiger partial charge in [-0.25, -0.2) is 4.39 Å². The Balaban J connectivity index is 4.08. The highest BCUT2D eigenvalue weighted by atomic mass is 19.3. The summed E-state index contributed by atoms with van der Waals surface area (Å²) in [6.45, 7) is 4.51. The molecule has 0 amide bonds. The van der Waals surface area contributed by atoms with Gasteiger partial charge < -0.3 is 5.11 Å². The van der Waals surface area contributed by atoms with Crippen LogP contribution in [0.4, 0.5) is 13.2 Å². The molecule has 1 nitrogen and oxygen atoms in total. The highest BCUT2D eigenvalue weighted by Crippen LogP contribution is 2.24. The van der Waals surface area contributed by atoms with Gasteiger partial charge in [-0.05, 0) is 12.0 Å². The molecule has 4 heteroatoms. The lowest BCUT2D eigenvalue weighted by Crippen LogP contribution is -2.30. The van der Waals surface area contributed by atoms with Crippen molar-refractivity contribution in [3.8, 4) is 0 Å². The number of aliphatic hydroxyl groups is 1. The van der Waals surface area contributed by atoms with Gasteiger partial charge in [0.25, 0.3) is 0 Å². The Bertz CT molecular complexity index is 127. The van der Waals surface area contributed by atoms with Crippen molar-refractivity contribution >= 4 is 0 Å². The van der Waals surface area contributed by atoms with Gasteiger partial charge in [0.2, 0.25) is 6.17 Å². The average Bonchev–Trinajstić information content (AvgIpc) is 1.83. The van der Waals surface area contributed by atoms with Crippen LogP contribution in [0.3, 0.4) is 0 Å². The van der Waals surface area contributed by atoms with E-state index < -0.39 is 12.3 Å². The molecule has 0 saturated carbocycles. The van der Waals surface area contributed by atoms with Crippen LogP contribution < -0.4 is 0 Å². The molecule has 0 aliphatic heterocycles. The zero-order valence-electron chi connectivity index (χ0n) is 5.57. The van der Waals surface area contributed by atoms with Crippen molar-refractivity contribution in [2.24, 2.45) is 0 Å². The molecule has 10 heavy (non-hydrogen) atoms. The molecule has 0 radical (unpaired) electrons. The van der Waals surface area contributed by atoms with Crippen molar-refractivity contribution < 1.29 is 18.3 Å². The first-order valence-electron chi connectivity index (χ1n) is 2.81. The van der Waals surface area contributed by atoms with E-state index in [1.807, 2.05) is 0 Å². The summed E-state index contributed by atoms with van der Waals surface area (Å²) in [4.78, 5) is 0. The molecule has 0 fully saturated rings. The van der Waals surface area contributed by atoms with E-state index >= 15 is 0 Å². The SMILES string of the molecule is C=C(CC)C(F)C(O)(F)F. The van der Waals surface area contributed by atoms with E-state index in [1.165, 1.54) is 6.92 Å². The lowest BCUT2D eigenvalue weighted by molar-refractivity contribution is -0.231. The van der Waals surface area contributed by atoms with Gasteiger partial charge in [0.05, 0.1) is 0 Å². The van der Waals surface area contributed by atoms with E-state index in [0.717, 1.165) is 0 Å². The predicted octanol–water partition coefficient (Wildman–Crippen LogP) is 1.88. The molecule has 60 valence electrons. The Morgan fingerprint density at radius 3 is 2.20 bits per heavy atom. The van der Waals surface area contributed by atoms with Gasteiger partial charge in [-0.1, -0.05) is 13.5 Å². The minimum atomic E-state index is -4.28. The largest absolute Gasteiger partial charge is 0.388 e. The van der Waals surface area contributed by atoms with Gasteiger partial charge in [-0.15, -0.1) is 0 Å². The van der Waals surface area contributed by atoms with Crippen molar-refractivity contribution in [1.82, 2.24) is 0 Å². The standard InChI is InChI=1S/C6H9F3O/c1-3-4(2)5(7)6(8,9)10/h5,10H,2-3H2,1H3. The molecule has 0 rings (SSSR count). The topological polar surface area (TPSA) is 20.2 Å². The van der Waals surface area contributed by atoms with Crippen LogP contribution in [0.5, 0.6) is 0 Å². The second kappa shape index (κ2) is 3.05. The maximum Gasteiger partial charge on any atom is 0.388 e. The summed E-state index contributed by atoms with van der Waals surface area (Å²) >= 11 is 0. The first-order valence-corrected chi connectivity index (χ1v) is 2.81. The Morgan fingerprint density at radius 1 is 1.70 bits per heavy atom. The van der Waals surface area contributed by atoms with Crippen molar-refractivity contribution in [2.75, 3.05) is 0 Å². The molecule has 0 saturated heterocycles. The van der Waals surface area contributed by atoms with Crippen LogP contribution in [-0.4, -0.2) is 17.4 Å². The molecule has 0 heterocycles. The number of rotatable bonds is 3. The number of alkyl halides is 3. The van der Waals surface area contributed by atoms with E-state index in [0.29, 0.717) is 0 Å². The summed E-state index contributed by atoms with van der Waals surface area (Å²) in [7, 11) is 0. The fourth-order valence-corrected chi connectivity index (χ4v) is 0.425. The Hall–Kier alpha value is -0.510. The zero-order chi connectivity index (χ0) is 8.36. The van der Waals surface area contributed by atoms with Gasteiger partial charge >= 0.3 is 6.11 Å². The van der Waals surface area contributed by atoms with Crippen molar-refractivity contribution in [3.05, 3.63) is 12.2 Å². The Morgan fingerprint density at radius 2 is 2.10 bits per heavy atom. The summed E-state index contributed by atoms with van der Waals surface area (Å²) in [5.74, 6) is 0. The van der Waals surface area contributed by atoms with Crippen LogP contribution in [0.2, 0.25) is 0 Å². The predicted molar refractivity (Wildman–Crippen MR) is 31.5 cm³/mol. The molecule has 0 bridgehead atoms. The third-order valence-electron chi connectivity index (χ3n) is 1.12. The second-order valence-corrected chi connectivity index (χ2v) is 1.96. The fraction of sp³-hybridized carbons (Fsp3) is 0.667. The summed E-state index contributed by atoms with van der Waals surface area (Å²) in [6.07, 6.45) is -6.83. The maximum absolute atomic E-state index is 12.2. The summed E-state index contributed by atoms with van der Waals surface area (Å²) in [6, 6.07) is 0. The van der Waals surface area contributed by atoms with E-state index in [9.17, 15) is 13.2 Å². The Kier molecular flexibility index (Phi) is 2.90. The van der Waals surface area contributed by atoms with Crippen LogP contribution in [-0.2, 0) is 0 Å². The maximum atomic E-state index is 12.2. The molecular formula is C6H9F3O. The second-order valence-electron chi connectivity index (χ2n) is 1.96. The lowest BCUT2D eigenvalue weighted by atomic mass is 10.1. The van der Waals surface area contributed by atoms with Gasteiger partial charge in [-0.2, -0.15) is 8.78 Å². The fourth-order valence-electron chi connectivity index (χ4n) is 0.425. The normalized spacial score (nSPS) is 14.9.